The van der Waals surface area contributed by atoms with Crippen LogP contribution >= 0.6 is 0 Å². The molecule has 0 atom stereocenters. The van der Waals surface area contributed by atoms with Gasteiger partial charge in [0.25, 0.3) is 0 Å². The van der Waals surface area contributed by atoms with Crippen molar-refractivity contribution < 1.29 is 4.79 Å². The number of anilines is 1. The number of likely N-dealkylation sites (N-methyl/N-ethyl adjacent to an activating group) is 1. The van der Waals surface area contributed by atoms with Gasteiger partial charge < -0.3 is 10.6 Å². The van der Waals surface area contributed by atoms with E-state index in [4.69, 9.17) is 5.73 Å². The van der Waals surface area contributed by atoms with Crippen molar-refractivity contribution in [3.63, 3.8) is 0 Å². The molecule has 1 aromatic carbocycles. The number of benzene rings is 1. The van der Waals surface area contributed by atoms with E-state index in [0.717, 1.165) is 5.56 Å². The Balaban J connectivity index is 2.15. The predicted octanol–water partition coefficient (Wildman–Crippen LogP) is 1.32. The minimum absolute atomic E-state index is 0.0127. The monoisotopic (exact) mass is 273 g/mol. The molecule has 1 aromatic heterocycles. The molecule has 20 heavy (non-hydrogen) atoms. The summed E-state index contributed by atoms with van der Waals surface area (Å²) >= 11 is 0. The smallest absolute Gasteiger partial charge is 0.232 e. The number of nitrogens with zero attached hydrogens (tertiary/aromatic N) is 3. The average Bonchev–Trinajstić information content (AvgIpc) is 2.91. The second-order valence-electron chi connectivity index (χ2n) is 5.34. The highest BCUT2D eigenvalue weighted by Gasteiger charge is 2.32. The third-order valence-corrected chi connectivity index (χ3v) is 3.37. The number of hydrogen-bond acceptors (Lipinski definition) is 4. The highest BCUT2D eigenvalue weighted by atomic mass is 16.2. The fourth-order valence-electron chi connectivity index (χ4n) is 2.10. The van der Waals surface area contributed by atoms with Gasteiger partial charge in [-0.05, 0) is 31.5 Å². The number of H-pyrrole nitrogens is 1. The van der Waals surface area contributed by atoms with Gasteiger partial charge in [0.1, 0.15) is 12.2 Å². The molecule has 0 radical (unpaired) electrons. The maximum Gasteiger partial charge on any atom is 0.232 e. The summed E-state index contributed by atoms with van der Waals surface area (Å²) in [5, 5.41) is 6.53. The fourth-order valence-corrected chi connectivity index (χ4v) is 2.10. The number of aromatic amines is 1. The summed E-state index contributed by atoms with van der Waals surface area (Å²) in [5.41, 5.74) is 6.68. The molecule has 2 rings (SSSR count). The second kappa shape index (κ2) is 5.32. The van der Waals surface area contributed by atoms with E-state index in [1.807, 2.05) is 26.0 Å². The summed E-state index contributed by atoms with van der Waals surface area (Å²) in [4.78, 5) is 18.3. The topological polar surface area (TPSA) is 87.9 Å². The lowest BCUT2D eigenvalue weighted by atomic mass is 9.83. The van der Waals surface area contributed by atoms with Gasteiger partial charge in [-0.25, -0.2) is 4.98 Å². The first-order valence-electron chi connectivity index (χ1n) is 6.37. The van der Waals surface area contributed by atoms with Crippen molar-refractivity contribution in [1.82, 2.24) is 20.1 Å². The van der Waals surface area contributed by atoms with Crippen molar-refractivity contribution in [3.8, 4) is 0 Å². The van der Waals surface area contributed by atoms with Gasteiger partial charge in [0.2, 0.25) is 5.91 Å². The third kappa shape index (κ3) is 2.79. The molecule has 3 N–H and O–H groups in total. The Bertz CT molecular complexity index is 574. The van der Waals surface area contributed by atoms with E-state index in [2.05, 4.69) is 15.2 Å². The van der Waals surface area contributed by atoms with Crippen LogP contribution in [0.3, 0.4) is 0 Å². The first kappa shape index (κ1) is 14.0. The molecule has 0 fully saturated rings. The number of nitrogens with two attached hydrogens (primary N) is 1. The maximum atomic E-state index is 12.6. The molecule has 1 heterocycles. The Morgan fingerprint density at radius 2 is 2.00 bits per heavy atom. The van der Waals surface area contributed by atoms with E-state index >= 15 is 0 Å². The van der Waals surface area contributed by atoms with Gasteiger partial charge in [-0.15, -0.1) is 0 Å². The van der Waals surface area contributed by atoms with Gasteiger partial charge in [-0.3, -0.25) is 9.89 Å². The number of hydrogen-bond donors (Lipinski definition) is 2. The molecule has 6 heteroatoms. The Morgan fingerprint density at radius 1 is 1.35 bits per heavy atom. The zero-order chi connectivity index (χ0) is 14.8. The fraction of sp³-hybridized carbons (Fsp3) is 0.357. The number of carbonyl (C=O) groups excluding carboxylic acids is 1. The standard InChI is InChI=1S/C14H19N5O/c1-14(2,10-4-6-11(15)7-5-10)13(20)19(3)8-12-16-9-17-18-12/h4-7,9H,8,15H2,1-3H3,(H,16,17,18). The van der Waals surface area contributed by atoms with E-state index in [9.17, 15) is 4.79 Å². The van der Waals surface area contributed by atoms with E-state index < -0.39 is 5.41 Å². The third-order valence-electron chi connectivity index (χ3n) is 3.37. The lowest BCUT2D eigenvalue weighted by Crippen LogP contribution is -2.41. The highest BCUT2D eigenvalue weighted by molar-refractivity contribution is 5.87. The van der Waals surface area contributed by atoms with Crippen LogP contribution in [0.1, 0.15) is 25.2 Å². The Hall–Kier alpha value is -2.37. The van der Waals surface area contributed by atoms with Crippen LogP contribution in [0.15, 0.2) is 30.6 Å². The summed E-state index contributed by atoms with van der Waals surface area (Å²) in [7, 11) is 1.75. The lowest BCUT2D eigenvalue weighted by Gasteiger charge is -2.29. The van der Waals surface area contributed by atoms with E-state index in [1.165, 1.54) is 6.33 Å². The van der Waals surface area contributed by atoms with Crippen LogP contribution in [0.4, 0.5) is 5.69 Å². The Labute approximate surface area is 118 Å². The van der Waals surface area contributed by atoms with Crippen molar-refractivity contribution in [3.05, 3.63) is 42.0 Å². The molecule has 0 aliphatic rings. The normalized spacial score (nSPS) is 11.3. The van der Waals surface area contributed by atoms with E-state index in [-0.39, 0.29) is 5.91 Å². The number of aromatic nitrogens is 3. The van der Waals surface area contributed by atoms with Gasteiger partial charge in [-0.1, -0.05) is 12.1 Å². The van der Waals surface area contributed by atoms with Crippen molar-refractivity contribution >= 4 is 11.6 Å². The Morgan fingerprint density at radius 3 is 2.55 bits per heavy atom. The first-order valence-corrected chi connectivity index (χ1v) is 6.37. The predicted molar refractivity (Wildman–Crippen MR) is 76.7 cm³/mol. The average molecular weight is 273 g/mol. The Kier molecular flexibility index (Phi) is 3.74. The van der Waals surface area contributed by atoms with Gasteiger partial charge in [-0.2, -0.15) is 5.10 Å². The quantitative estimate of drug-likeness (QED) is 0.822. The van der Waals surface area contributed by atoms with Gasteiger partial charge >= 0.3 is 0 Å². The van der Waals surface area contributed by atoms with Crippen molar-refractivity contribution in [2.75, 3.05) is 12.8 Å². The van der Waals surface area contributed by atoms with Crippen LogP contribution in [0.5, 0.6) is 0 Å². The van der Waals surface area contributed by atoms with Gasteiger partial charge in [0.05, 0.1) is 12.0 Å². The van der Waals surface area contributed by atoms with Crippen molar-refractivity contribution in [2.45, 2.75) is 25.8 Å². The van der Waals surface area contributed by atoms with E-state index in [1.54, 1.807) is 24.1 Å². The zero-order valence-electron chi connectivity index (χ0n) is 11.9. The molecule has 106 valence electrons. The first-order chi connectivity index (χ1) is 9.41. The summed E-state index contributed by atoms with van der Waals surface area (Å²) < 4.78 is 0. The second-order valence-corrected chi connectivity index (χ2v) is 5.34. The molecule has 2 aromatic rings. The van der Waals surface area contributed by atoms with Crippen LogP contribution in [-0.4, -0.2) is 33.0 Å². The number of rotatable bonds is 4. The van der Waals surface area contributed by atoms with Crippen LogP contribution < -0.4 is 5.73 Å². The van der Waals surface area contributed by atoms with E-state index in [0.29, 0.717) is 18.1 Å². The maximum absolute atomic E-state index is 12.6. The minimum Gasteiger partial charge on any atom is -0.399 e. The lowest BCUT2D eigenvalue weighted by molar-refractivity contribution is -0.135. The molecule has 0 unspecified atom stereocenters. The molecule has 0 saturated heterocycles. The highest BCUT2D eigenvalue weighted by Crippen LogP contribution is 2.26. The van der Waals surface area contributed by atoms with Gasteiger partial charge in [0, 0.05) is 12.7 Å². The van der Waals surface area contributed by atoms with Crippen LogP contribution in [0.2, 0.25) is 0 Å². The summed E-state index contributed by atoms with van der Waals surface area (Å²) in [6.07, 6.45) is 1.43. The van der Waals surface area contributed by atoms with Crippen LogP contribution in [0, 0.1) is 0 Å². The molecular formula is C14H19N5O. The number of nitrogens with one attached hydrogen (secondary N) is 1. The summed E-state index contributed by atoms with van der Waals surface area (Å²) in [6.45, 7) is 4.20. The van der Waals surface area contributed by atoms with Gasteiger partial charge in [0.15, 0.2) is 0 Å². The minimum atomic E-state index is -0.623. The number of amides is 1. The molecular weight excluding hydrogens is 254 g/mol. The molecule has 0 spiro atoms. The molecule has 0 saturated carbocycles. The molecule has 0 aliphatic heterocycles. The molecule has 6 nitrogen and oxygen atoms in total. The largest absolute Gasteiger partial charge is 0.399 e. The van der Waals surface area contributed by atoms with Crippen molar-refractivity contribution in [2.24, 2.45) is 0 Å². The van der Waals surface area contributed by atoms with Crippen LogP contribution in [0.25, 0.3) is 0 Å². The zero-order valence-corrected chi connectivity index (χ0v) is 11.9. The summed E-state index contributed by atoms with van der Waals surface area (Å²) in [6, 6.07) is 7.38. The SMILES string of the molecule is CN(Cc1ncn[nH]1)C(=O)C(C)(C)c1ccc(N)cc1. The molecule has 0 aliphatic carbocycles. The molecule has 0 bridgehead atoms. The number of nitrogen functional groups attached to an aromatic ring is 1. The van der Waals surface area contributed by atoms with Crippen molar-refractivity contribution in [1.29, 1.82) is 0 Å². The number of carbonyl (C=O) groups is 1. The molecule has 1 amide bonds. The van der Waals surface area contributed by atoms with Crippen LogP contribution in [-0.2, 0) is 16.8 Å². The summed E-state index contributed by atoms with van der Waals surface area (Å²) in [5.74, 6) is 0.674.